The lowest BCUT2D eigenvalue weighted by Gasteiger charge is -2.50. The molecular formula is C31H39FN4O8. The number of rotatable bonds is 8. The van der Waals surface area contributed by atoms with Crippen LogP contribution < -0.4 is 11.1 Å². The number of nitrogens with zero attached hydrogens (tertiary/aromatic N) is 2. The van der Waals surface area contributed by atoms with Crippen LogP contribution in [0.25, 0.3) is 5.76 Å². The van der Waals surface area contributed by atoms with Gasteiger partial charge in [0.15, 0.2) is 11.4 Å². The van der Waals surface area contributed by atoms with E-state index in [1.807, 2.05) is 0 Å². The van der Waals surface area contributed by atoms with E-state index in [4.69, 9.17) is 10.5 Å². The van der Waals surface area contributed by atoms with Crippen LogP contribution in [0.4, 0.5) is 10.1 Å². The Morgan fingerprint density at radius 2 is 2.00 bits per heavy atom. The molecule has 1 saturated heterocycles. The fourth-order valence-electron chi connectivity index (χ4n) is 7.44. The van der Waals surface area contributed by atoms with Gasteiger partial charge in [0, 0.05) is 48.5 Å². The lowest BCUT2D eigenvalue weighted by Crippen LogP contribution is -2.65. The number of carbonyl (C=O) groups is 3. The molecule has 0 aromatic heterocycles. The van der Waals surface area contributed by atoms with Gasteiger partial charge in [0.1, 0.15) is 28.7 Å². The Labute approximate surface area is 254 Å². The van der Waals surface area contributed by atoms with Gasteiger partial charge in [0.2, 0.25) is 5.78 Å². The highest BCUT2D eigenvalue weighted by Gasteiger charge is 2.64. The lowest BCUT2D eigenvalue weighted by molar-refractivity contribution is -0.153. The number of nitrogens with two attached hydrogens (primary N) is 1. The van der Waals surface area contributed by atoms with Gasteiger partial charge in [-0.15, -0.1) is 0 Å². The first-order valence-corrected chi connectivity index (χ1v) is 14.6. The number of halogens is 1. The molecule has 1 saturated carbocycles. The number of allylic oxidation sites excluding steroid dienone is 1. The summed E-state index contributed by atoms with van der Waals surface area (Å²) in [7, 11) is 4.67. The predicted molar refractivity (Wildman–Crippen MR) is 158 cm³/mol. The summed E-state index contributed by atoms with van der Waals surface area (Å²) in [5.41, 5.74) is 1.67. The molecule has 1 aromatic carbocycles. The average Bonchev–Trinajstić information content (AvgIpc) is 3.39. The van der Waals surface area contributed by atoms with Crippen LogP contribution in [0.3, 0.4) is 0 Å². The van der Waals surface area contributed by atoms with E-state index in [2.05, 4.69) is 10.2 Å². The number of fused-ring (bicyclic) bond motifs is 3. The molecule has 0 spiro atoms. The molecule has 5 atom stereocenters. The van der Waals surface area contributed by atoms with Gasteiger partial charge in [-0.05, 0) is 59.2 Å². The van der Waals surface area contributed by atoms with Crippen LogP contribution in [0.15, 0.2) is 34.7 Å². The van der Waals surface area contributed by atoms with Crippen molar-refractivity contribution >= 4 is 28.9 Å². The Balaban J connectivity index is 1.56. The van der Waals surface area contributed by atoms with Crippen molar-refractivity contribution in [1.29, 1.82) is 0 Å². The molecule has 3 aliphatic carbocycles. The van der Waals surface area contributed by atoms with Gasteiger partial charge >= 0.3 is 0 Å². The molecule has 1 amide bonds. The summed E-state index contributed by atoms with van der Waals surface area (Å²) < 4.78 is 21.0. The van der Waals surface area contributed by atoms with Crippen molar-refractivity contribution in [2.24, 2.45) is 17.6 Å². The number of likely N-dealkylation sites (N-methyl/N-ethyl adjacent to an activating group) is 1. The highest BCUT2D eigenvalue weighted by Crippen LogP contribution is 2.53. The van der Waals surface area contributed by atoms with Crippen molar-refractivity contribution in [3.63, 3.8) is 0 Å². The van der Waals surface area contributed by atoms with Crippen LogP contribution in [0.1, 0.15) is 37.3 Å². The van der Waals surface area contributed by atoms with Gasteiger partial charge in [0.25, 0.3) is 5.91 Å². The number of Topliss-reactive ketones (excluding diaryl/α,β-unsaturated/α-hetero) is 2. The zero-order valence-corrected chi connectivity index (χ0v) is 25.2. The van der Waals surface area contributed by atoms with E-state index in [0.29, 0.717) is 18.8 Å². The number of hydrogen-bond acceptors (Lipinski definition) is 11. The zero-order valence-electron chi connectivity index (χ0n) is 25.2. The van der Waals surface area contributed by atoms with E-state index < -0.39 is 69.6 Å². The Hall–Kier alpha value is -3.78. The first-order chi connectivity index (χ1) is 20.8. The minimum atomic E-state index is -2.76. The Kier molecular flexibility index (Phi) is 8.35. The summed E-state index contributed by atoms with van der Waals surface area (Å²) in [6.07, 6.45) is 3.53. The maximum Gasteiger partial charge on any atom is 0.255 e. The number of hydrogen-bond donors (Lipinski definition) is 6. The van der Waals surface area contributed by atoms with Crippen molar-refractivity contribution in [3.8, 4) is 5.75 Å². The third-order valence-electron chi connectivity index (χ3n) is 9.54. The number of anilines is 1. The van der Waals surface area contributed by atoms with Crippen molar-refractivity contribution in [1.82, 2.24) is 9.80 Å². The number of likely N-dealkylation sites (tertiary alicyclic amines) is 1. The van der Waals surface area contributed by atoms with Crippen LogP contribution in [-0.2, 0) is 25.5 Å². The summed E-state index contributed by atoms with van der Waals surface area (Å²) in [4.78, 5) is 43.0. The Bertz CT molecular complexity index is 1520. The SMILES string of the molecule is CC=C(CN1CCC[C@@H]1COC)Nc1cc(F)c2c(c1O)C(O)=C1C(=O)[C@]3(O)C(O)=C(C(N)=O)C(=O)[C@@H](N(C)C)[C@@H]3C[C@@H]1C2. The molecule has 5 rings (SSSR count). The third kappa shape index (κ3) is 4.78. The molecule has 12 nitrogen and oxygen atoms in total. The number of carbonyl (C=O) groups excluding carboxylic acids is 3. The summed E-state index contributed by atoms with van der Waals surface area (Å²) in [5.74, 6) is -8.55. The lowest BCUT2D eigenvalue weighted by atomic mass is 9.57. The summed E-state index contributed by atoms with van der Waals surface area (Å²) in [6, 6.07) is 0.134. The summed E-state index contributed by atoms with van der Waals surface area (Å²) >= 11 is 0. The number of ketones is 2. The monoisotopic (exact) mass is 614 g/mol. The molecule has 1 aliphatic heterocycles. The predicted octanol–water partition coefficient (Wildman–Crippen LogP) is 1.53. The van der Waals surface area contributed by atoms with Crippen LogP contribution in [-0.4, -0.2) is 106 Å². The number of primary amides is 1. The number of amides is 1. The van der Waals surface area contributed by atoms with Crippen LogP contribution in [0.2, 0.25) is 0 Å². The molecule has 0 unspecified atom stereocenters. The van der Waals surface area contributed by atoms with Crippen molar-refractivity contribution < 1.29 is 43.9 Å². The number of aliphatic hydroxyl groups excluding tert-OH is 2. The topological polar surface area (TPSA) is 186 Å². The molecule has 1 aromatic rings. The minimum absolute atomic E-state index is 0.0274. The van der Waals surface area contributed by atoms with Gasteiger partial charge < -0.3 is 36.2 Å². The summed E-state index contributed by atoms with van der Waals surface area (Å²) in [6.45, 7) is 3.68. The normalized spacial score (nSPS) is 29.2. The van der Waals surface area contributed by atoms with Gasteiger partial charge in [-0.2, -0.15) is 0 Å². The highest BCUT2D eigenvalue weighted by molar-refractivity contribution is 6.24. The number of aromatic hydroxyl groups is 1. The Morgan fingerprint density at radius 3 is 2.61 bits per heavy atom. The average molecular weight is 615 g/mol. The van der Waals surface area contributed by atoms with Gasteiger partial charge in [-0.3, -0.25) is 24.2 Å². The van der Waals surface area contributed by atoms with Crippen LogP contribution >= 0.6 is 0 Å². The number of nitrogens with one attached hydrogen (secondary N) is 1. The second-order valence-corrected chi connectivity index (χ2v) is 12.2. The van der Waals surface area contributed by atoms with E-state index in [9.17, 15) is 34.8 Å². The van der Waals surface area contributed by atoms with Gasteiger partial charge in [0.05, 0.1) is 23.9 Å². The molecule has 0 bridgehead atoms. The van der Waals surface area contributed by atoms with E-state index in [0.717, 1.165) is 25.5 Å². The van der Waals surface area contributed by atoms with Crippen molar-refractivity contribution in [3.05, 3.63) is 51.7 Å². The largest absolute Gasteiger partial charge is 0.508 e. The number of benzene rings is 1. The maximum atomic E-state index is 15.7. The van der Waals surface area contributed by atoms with Crippen LogP contribution in [0, 0.1) is 17.7 Å². The second kappa shape index (κ2) is 11.6. The molecule has 7 N–H and O–H groups in total. The smallest absolute Gasteiger partial charge is 0.255 e. The highest BCUT2D eigenvalue weighted by atomic mass is 19.1. The van der Waals surface area contributed by atoms with Crippen molar-refractivity contribution in [2.75, 3.05) is 46.2 Å². The first kappa shape index (κ1) is 31.6. The van der Waals surface area contributed by atoms with Gasteiger partial charge in [-0.1, -0.05) is 6.08 Å². The molecular weight excluding hydrogens is 575 g/mol. The first-order valence-electron chi connectivity index (χ1n) is 14.6. The number of ether oxygens (including phenoxy) is 1. The van der Waals surface area contributed by atoms with E-state index in [1.165, 1.54) is 19.0 Å². The number of methoxy groups -OCH3 is 1. The van der Waals surface area contributed by atoms with E-state index in [-0.39, 0.29) is 41.3 Å². The van der Waals surface area contributed by atoms with Crippen molar-refractivity contribution in [2.45, 2.75) is 50.3 Å². The maximum absolute atomic E-state index is 15.7. The second-order valence-electron chi connectivity index (χ2n) is 12.2. The fraction of sp³-hybridized carbons (Fsp3) is 0.516. The number of phenolic OH excluding ortho intramolecular Hbond substituents is 1. The molecule has 238 valence electrons. The molecule has 13 heteroatoms. The number of phenols is 1. The molecule has 4 aliphatic rings. The zero-order chi connectivity index (χ0) is 32.2. The van der Waals surface area contributed by atoms with Crippen LogP contribution in [0.5, 0.6) is 5.75 Å². The number of aliphatic hydroxyl groups is 3. The standard InChI is InChI=1S/C31H39FN4O8/c1-5-15(12-36-8-6-7-16(36)13-44-4)34-20-11-19(32)17-9-14-10-18-24(35(2)3)27(39)23(30(33)42)29(41)31(18,43)28(40)21(14)26(38)22(17)25(20)37/h5,11,14,16,18,24,34,37-38,41,43H,6-10,12-13H2,1-4H3,(H2,33,42)/t14-,16+,18-,24-,31-/m0/s1. The molecule has 44 heavy (non-hydrogen) atoms. The quantitative estimate of drug-likeness (QED) is 0.184. The van der Waals surface area contributed by atoms with E-state index >= 15 is 4.39 Å². The molecule has 2 fully saturated rings. The van der Waals surface area contributed by atoms with Gasteiger partial charge in [-0.25, -0.2) is 4.39 Å². The molecule has 1 heterocycles. The summed E-state index contributed by atoms with van der Waals surface area (Å²) in [5, 5.41) is 48.6. The minimum Gasteiger partial charge on any atom is -0.508 e. The Morgan fingerprint density at radius 1 is 1.30 bits per heavy atom. The van der Waals surface area contributed by atoms with E-state index in [1.54, 1.807) is 20.1 Å². The fourth-order valence-corrected chi connectivity index (χ4v) is 7.44. The third-order valence-corrected chi connectivity index (χ3v) is 9.54. The molecule has 0 radical (unpaired) electrons.